The average molecular weight is 233 g/mol. The summed E-state index contributed by atoms with van der Waals surface area (Å²) < 4.78 is 2.18. The zero-order valence-corrected chi connectivity index (χ0v) is 10.7. The van der Waals surface area contributed by atoms with Crippen LogP contribution in [-0.4, -0.2) is 35.6 Å². The number of nitrogens with zero attached hydrogens (tertiary/aromatic N) is 2. The second-order valence-corrected chi connectivity index (χ2v) is 5.53. The normalized spacial score (nSPS) is 24.5. The van der Waals surface area contributed by atoms with Crippen LogP contribution in [0, 0.1) is 5.92 Å². The summed E-state index contributed by atoms with van der Waals surface area (Å²) in [5.41, 5.74) is 1.53. The highest BCUT2D eigenvalue weighted by molar-refractivity contribution is 5.17. The molecule has 0 spiro atoms. The summed E-state index contributed by atoms with van der Waals surface area (Å²) in [6.45, 7) is 4.71. The predicted octanol–water partition coefficient (Wildman–Crippen LogP) is 1.77. The summed E-state index contributed by atoms with van der Waals surface area (Å²) in [7, 11) is 2.12. The number of hydrogen-bond donors (Lipinski definition) is 1. The van der Waals surface area contributed by atoms with Crippen molar-refractivity contribution in [3.8, 4) is 0 Å². The van der Waals surface area contributed by atoms with Crippen molar-refractivity contribution in [3.05, 3.63) is 24.0 Å². The van der Waals surface area contributed by atoms with Crippen molar-refractivity contribution < 1.29 is 0 Å². The first-order chi connectivity index (χ1) is 8.34. The van der Waals surface area contributed by atoms with Gasteiger partial charge in [-0.25, -0.2) is 0 Å². The van der Waals surface area contributed by atoms with Crippen LogP contribution >= 0.6 is 0 Å². The fourth-order valence-corrected chi connectivity index (χ4v) is 3.20. The molecule has 2 heterocycles. The second kappa shape index (κ2) is 4.83. The molecular formula is C14H23N3. The topological polar surface area (TPSA) is 20.2 Å². The van der Waals surface area contributed by atoms with Gasteiger partial charge in [0.2, 0.25) is 0 Å². The molecule has 1 unspecified atom stereocenters. The van der Waals surface area contributed by atoms with Crippen LogP contribution in [-0.2, 0) is 7.05 Å². The van der Waals surface area contributed by atoms with Gasteiger partial charge in [-0.1, -0.05) is 6.42 Å². The van der Waals surface area contributed by atoms with Gasteiger partial charge in [0, 0.05) is 51.7 Å². The SMILES string of the molecule is Cn1ccc(C(C2CCC2)N2CCNCC2)c1. The molecule has 0 aromatic carbocycles. The van der Waals surface area contributed by atoms with E-state index < -0.39 is 0 Å². The monoisotopic (exact) mass is 233 g/mol. The third-order valence-electron chi connectivity index (χ3n) is 4.34. The van der Waals surface area contributed by atoms with E-state index in [4.69, 9.17) is 0 Å². The highest BCUT2D eigenvalue weighted by Crippen LogP contribution is 2.41. The lowest BCUT2D eigenvalue weighted by Gasteiger charge is -2.42. The smallest absolute Gasteiger partial charge is 0.0392 e. The van der Waals surface area contributed by atoms with Gasteiger partial charge in [0.15, 0.2) is 0 Å². The van der Waals surface area contributed by atoms with Gasteiger partial charge < -0.3 is 9.88 Å². The van der Waals surface area contributed by atoms with Crippen LogP contribution < -0.4 is 5.32 Å². The van der Waals surface area contributed by atoms with Gasteiger partial charge in [-0.3, -0.25) is 4.90 Å². The van der Waals surface area contributed by atoms with Crippen LogP contribution in [0.4, 0.5) is 0 Å². The highest BCUT2D eigenvalue weighted by Gasteiger charge is 2.33. The Hall–Kier alpha value is -0.800. The van der Waals surface area contributed by atoms with Crippen molar-refractivity contribution in [1.29, 1.82) is 0 Å². The van der Waals surface area contributed by atoms with E-state index in [0.717, 1.165) is 19.0 Å². The third-order valence-corrected chi connectivity index (χ3v) is 4.34. The van der Waals surface area contributed by atoms with E-state index in [2.05, 4.69) is 40.3 Å². The maximum atomic E-state index is 3.45. The molecule has 1 aliphatic carbocycles. The first-order valence-corrected chi connectivity index (χ1v) is 6.91. The Labute approximate surface area is 104 Å². The van der Waals surface area contributed by atoms with Crippen molar-refractivity contribution in [2.24, 2.45) is 13.0 Å². The molecule has 0 amide bonds. The minimum Gasteiger partial charge on any atom is -0.357 e. The standard InChI is InChI=1S/C14H23N3/c1-16-8-5-13(11-16)14(12-3-2-4-12)17-9-6-15-7-10-17/h5,8,11-12,14-15H,2-4,6-7,9-10H2,1H3. The van der Waals surface area contributed by atoms with Crippen LogP contribution in [0.1, 0.15) is 30.9 Å². The maximum Gasteiger partial charge on any atom is 0.0392 e. The molecule has 1 saturated heterocycles. The Balaban J connectivity index is 1.80. The highest BCUT2D eigenvalue weighted by atomic mass is 15.2. The van der Waals surface area contributed by atoms with Crippen LogP contribution in [0.25, 0.3) is 0 Å². The molecule has 1 aromatic rings. The predicted molar refractivity (Wildman–Crippen MR) is 69.9 cm³/mol. The zero-order chi connectivity index (χ0) is 11.7. The Morgan fingerprint density at radius 1 is 1.29 bits per heavy atom. The third kappa shape index (κ3) is 2.26. The number of aromatic nitrogens is 1. The van der Waals surface area contributed by atoms with Crippen LogP contribution in [0.3, 0.4) is 0 Å². The van der Waals surface area contributed by atoms with Gasteiger partial charge in [0.05, 0.1) is 0 Å². The van der Waals surface area contributed by atoms with E-state index in [9.17, 15) is 0 Å². The quantitative estimate of drug-likeness (QED) is 0.858. The summed E-state index contributed by atoms with van der Waals surface area (Å²) in [4.78, 5) is 2.69. The fraction of sp³-hybridized carbons (Fsp3) is 0.714. The van der Waals surface area contributed by atoms with Gasteiger partial charge in [0.1, 0.15) is 0 Å². The summed E-state index contributed by atoms with van der Waals surface area (Å²) in [5.74, 6) is 0.899. The number of hydrogen-bond acceptors (Lipinski definition) is 2. The van der Waals surface area contributed by atoms with E-state index in [1.807, 2.05) is 0 Å². The molecule has 94 valence electrons. The molecule has 3 rings (SSSR count). The fourth-order valence-electron chi connectivity index (χ4n) is 3.20. The van der Waals surface area contributed by atoms with Crippen LogP contribution in [0.5, 0.6) is 0 Å². The average Bonchev–Trinajstić information content (AvgIpc) is 2.71. The number of aryl methyl sites for hydroxylation is 1. The van der Waals surface area contributed by atoms with E-state index in [0.29, 0.717) is 6.04 Å². The number of piperazine rings is 1. The summed E-state index contributed by atoms with van der Waals surface area (Å²) in [6, 6.07) is 2.98. The second-order valence-electron chi connectivity index (χ2n) is 5.53. The lowest BCUT2D eigenvalue weighted by molar-refractivity contribution is 0.0837. The van der Waals surface area contributed by atoms with Crippen molar-refractivity contribution in [1.82, 2.24) is 14.8 Å². The Kier molecular flexibility index (Phi) is 3.21. The van der Waals surface area contributed by atoms with E-state index in [-0.39, 0.29) is 0 Å². The zero-order valence-electron chi connectivity index (χ0n) is 10.7. The van der Waals surface area contributed by atoms with Gasteiger partial charge in [-0.05, 0) is 30.4 Å². The molecule has 17 heavy (non-hydrogen) atoms. The molecule has 1 atom stereocenters. The Bertz CT molecular complexity index is 361. The van der Waals surface area contributed by atoms with Crippen molar-refractivity contribution in [3.63, 3.8) is 0 Å². The van der Waals surface area contributed by atoms with Gasteiger partial charge in [-0.2, -0.15) is 0 Å². The molecule has 3 nitrogen and oxygen atoms in total. The minimum absolute atomic E-state index is 0.673. The van der Waals surface area contributed by atoms with E-state index in [1.165, 1.54) is 37.9 Å². The Morgan fingerprint density at radius 3 is 2.59 bits per heavy atom. The molecule has 1 N–H and O–H groups in total. The molecule has 0 radical (unpaired) electrons. The van der Waals surface area contributed by atoms with Gasteiger partial charge in [0.25, 0.3) is 0 Å². The number of nitrogens with one attached hydrogen (secondary N) is 1. The van der Waals surface area contributed by atoms with Crippen LogP contribution in [0.2, 0.25) is 0 Å². The lowest BCUT2D eigenvalue weighted by Crippen LogP contribution is -2.47. The number of rotatable bonds is 3. The first-order valence-electron chi connectivity index (χ1n) is 6.91. The van der Waals surface area contributed by atoms with Crippen molar-refractivity contribution in [2.75, 3.05) is 26.2 Å². The minimum atomic E-state index is 0.673. The van der Waals surface area contributed by atoms with E-state index in [1.54, 1.807) is 0 Å². The summed E-state index contributed by atoms with van der Waals surface area (Å²) in [6.07, 6.45) is 8.77. The van der Waals surface area contributed by atoms with Gasteiger partial charge >= 0.3 is 0 Å². The lowest BCUT2D eigenvalue weighted by atomic mass is 9.77. The molecule has 2 aliphatic rings. The maximum absolute atomic E-state index is 3.45. The molecule has 3 heteroatoms. The molecule has 1 saturated carbocycles. The van der Waals surface area contributed by atoms with Crippen molar-refractivity contribution in [2.45, 2.75) is 25.3 Å². The molecule has 2 fully saturated rings. The Morgan fingerprint density at radius 2 is 2.06 bits per heavy atom. The summed E-state index contributed by atoms with van der Waals surface area (Å²) >= 11 is 0. The summed E-state index contributed by atoms with van der Waals surface area (Å²) in [5, 5.41) is 3.45. The van der Waals surface area contributed by atoms with Crippen molar-refractivity contribution >= 4 is 0 Å². The first kappa shape index (κ1) is 11.3. The molecule has 1 aliphatic heterocycles. The largest absolute Gasteiger partial charge is 0.357 e. The molecule has 0 bridgehead atoms. The van der Waals surface area contributed by atoms with Gasteiger partial charge in [-0.15, -0.1) is 0 Å². The van der Waals surface area contributed by atoms with E-state index >= 15 is 0 Å². The molecular weight excluding hydrogens is 210 g/mol. The molecule has 1 aromatic heterocycles. The van der Waals surface area contributed by atoms with Crippen LogP contribution in [0.15, 0.2) is 18.5 Å².